The lowest BCUT2D eigenvalue weighted by Crippen LogP contribution is -2.12. The Hall–Kier alpha value is -3.05. The third kappa shape index (κ3) is 2.90. The van der Waals surface area contributed by atoms with Gasteiger partial charge in [0.05, 0.1) is 5.69 Å². The molecule has 0 aliphatic rings. The molecule has 124 valence electrons. The van der Waals surface area contributed by atoms with Crippen molar-refractivity contribution in [2.45, 2.75) is 6.92 Å². The van der Waals surface area contributed by atoms with Crippen molar-refractivity contribution < 1.29 is 9.21 Å². The quantitative estimate of drug-likeness (QED) is 0.575. The first kappa shape index (κ1) is 15.5. The van der Waals surface area contributed by atoms with Gasteiger partial charge in [0.2, 0.25) is 0 Å². The maximum Gasteiger partial charge on any atom is 0.292 e. The van der Waals surface area contributed by atoms with Crippen LogP contribution in [0.3, 0.4) is 0 Å². The molecule has 1 N–H and O–H groups in total. The largest absolute Gasteiger partial charge is 0.451 e. The van der Waals surface area contributed by atoms with Gasteiger partial charge in [-0.2, -0.15) is 5.10 Å². The summed E-state index contributed by atoms with van der Waals surface area (Å²) in [6.45, 7) is 1.83. The second kappa shape index (κ2) is 6.11. The number of aryl methyl sites for hydroxylation is 1. The van der Waals surface area contributed by atoms with Crippen molar-refractivity contribution in [1.82, 2.24) is 9.78 Å². The van der Waals surface area contributed by atoms with Gasteiger partial charge in [0.1, 0.15) is 5.58 Å². The van der Waals surface area contributed by atoms with Gasteiger partial charge in [0.15, 0.2) is 11.6 Å². The summed E-state index contributed by atoms with van der Waals surface area (Å²) < 4.78 is 7.37. The van der Waals surface area contributed by atoms with Crippen molar-refractivity contribution in [3.05, 3.63) is 77.1 Å². The van der Waals surface area contributed by atoms with Crippen LogP contribution in [0.1, 0.15) is 16.1 Å². The van der Waals surface area contributed by atoms with E-state index in [4.69, 9.17) is 16.0 Å². The standard InChI is InChI=1S/C19H14ClN3O2/c1-12-15-11-13(20)7-8-16(15)25-18(12)19(24)21-17-9-10-23(22-17)14-5-3-2-4-6-14/h2-11H,1H3,(H,21,22,24). The number of nitrogens with zero attached hydrogens (tertiary/aromatic N) is 2. The molecule has 0 bridgehead atoms. The molecule has 0 aliphatic heterocycles. The molecule has 2 heterocycles. The van der Waals surface area contributed by atoms with Crippen molar-refractivity contribution in [3.8, 4) is 5.69 Å². The molecule has 0 atom stereocenters. The monoisotopic (exact) mass is 351 g/mol. The van der Waals surface area contributed by atoms with Gasteiger partial charge < -0.3 is 9.73 Å². The molecule has 5 nitrogen and oxygen atoms in total. The van der Waals surface area contributed by atoms with Gasteiger partial charge in [0, 0.05) is 28.2 Å². The number of halogens is 1. The van der Waals surface area contributed by atoms with Crippen molar-refractivity contribution in [1.29, 1.82) is 0 Å². The lowest BCUT2D eigenvalue weighted by Gasteiger charge is -2.01. The van der Waals surface area contributed by atoms with Gasteiger partial charge in [-0.1, -0.05) is 29.8 Å². The van der Waals surface area contributed by atoms with Gasteiger partial charge in [-0.25, -0.2) is 4.68 Å². The van der Waals surface area contributed by atoms with Gasteiger partial charge >= 0.3 is 0 Å². The number of benzene rings is 2. The summed E-state index contributed by atoms with van der Waals surface area (Å²) in [4.78, 5) is 12.5. The van der Waals surface area contributed by atoms with E-state index in [1.165, 1.54) is 0 Å². The average Bonchev–Trinajstić information content (AvgIpc) is 3.21. The van der Waals surface area contributed by atoms with Crippen LogP contribution in [0.5, 0.6) is 0 Å². The van der Waals surface area contributed by atoms with E-state index in [-0.39, 0.29) is 11.7 Å². The number of rotatable bonds is 3. The molecule has 0 saturated heterocycles. The third-order valence-electron chi connectivity index (χ3n) is 3.96. The van der Waals surface area contributed by atoms with Crippen LogP contribution in [0, 0.1) is 6.92 Å². The second-order valence-corrected chi connectivity index (χ2v) is 6.07. The van der Waals surface area contributed by atoms with E-state index in [9.17, 15) is 4.79 Å². The number of furan rings is 1. The Morgan fingerprint density at radius 3 is 2.76 bits per heavy atom. The van der Waals surface area contributed by atoms with E-state index in [2.05, 4.69) is 10.4 Å². The molecule has 0 unspecified atom stereocenters. The topological polar surface area (TPSA) is 60.1 Å². The van der Waals surface area contributed by atoms with Gasteiger partial charge in [-0.15, -0.1) is 0 Å². The Morgan fingerprint density at radius 2 is 1.96 bits per heavy atom. The van der Waals surface area contributed by atoms with E-state index < -0.39 is 0 Å². The fourth-order valence-electron chi connectivity index (χ4n) is 2.70. The molecule has 0 spiro atoms. The lowest BCUT2D eigenvalue weighted by atomic mass is 10.1. The smallest absolute Gasteiger partial charge is 0.292 e. The summed E-state index contributed by atoms with van der Waals surface area (Å²) in [5, 5.41) is 8.56. The first-order chi connectivity index (χ1) is 12.1. The number of para-hydroxylation sites is 1. The lowest BCUT2D eigenvalue weighted by molar-refractivity contribution is 0.0997. The molecule has 1 amide bonds. The summed E-state index contributed by atoms with van der Waals surface area (Å²) in [5.74, 6) is 0.362. The maximum atomic E-state index is 12.5. The zero-order chi connectivity index (χ0) is 17.4. The molecule has 25 heavy (non-hydrogen) atoms. The minimum atomic E-state index is -0.344. The minimum Gasteiger partial charge on any atom is -0.451 e. The fourth-order valence-corrected chi connectivity index (χ4v) is 2.87. The van der Waals surface area contributed by atoms with Crippen LogP contribution < -0.4 is 5.32 Å². The number of carbonyl (C=O) groups is 1. The van der Waals surface area contributed by atoms with Crippen LogP contribution in [0.15, 0.2) is 65.2 Å². The van der Waals surface area contributed by atoms with E-state index in [0.717, 1.165) is 16.6 Å². The number of aromatic nitrogens is 2. The van der Waals surface area contributed by atoms with Crippen molar-refractivity contribution in [2.24, 2.45) is 0 Å². The average molecular weight is 352 g/mol. The Bertz CT molecular complexity index is 1070. The van der Waals surface area contributed by atoms with Gasteiger partial charge in [-0.05, 0) is 37.3 Å². The number of hydrogen-bond donors (Lipinski definition) is 1. The Kier molecular flexibility index (Phi) is 3.78. The summed E-state index contributed by atoms with van der Waals surface area (Å²) in [5.41, 5.74) is 2.29. The minimum absolute atomic E-state index is 0.256. The van der Waals surface area contributed by atoms with E-state index in [0.29, 0.717) is 16.4 Å². The predicted octanol–water partition coefficient (Wildman–Crippen LogP) is 4.83. The molecule has 0 aliphatic carbocycles. The fraction of sp³-hybridized carbons (Fsp3) is 0.0526. The van der Waals surface area contributed by atoms with Crippen molar-refractivity contribution >= 4 is 34.3 Å². The molecule has 2 aromatic carbocycles. The first-order valence-corrected chi connectivity index (χ1v) is 8.11. The zero-order valence-electron chi connectivity index (χ0n) is 13.4. The predicted molar refractivity (Wildman–Crippen MR) is 97.5 cm³/mol. The van der Waals surface area contributed by atoms with E-state index in [1.54, 1.807) is 35.1 Å². The summed E-state index contributed by atoms with van der Waals surface area (Å²) in [6, 6.07) is 16.7. The highest BCUT2D eigenvalue weighted by Crippen LogP contribution is 2.28. The number of fused-ring (bicyclic) bond motifs is 1. The Labute approximate surface area is 148 Å². The van der Waals surface area contributed by atoms with Crippen molar-refractivity contribution in [3.63, 3.8) is 0 Å². The molecule has 4 aromatic rings. The highest BCUT2D eigenvalue weighted by Gasteiger charge is 2.18. The van der Waals surface area contributed by atoms with Gasteiger partial charge in [0.25, 0.3) is 5.91 Å². The number of nitrogens with one attached hydrogen (secondary N) is 1. The highest BCUT2D eigenvalue weighted by molar-refractivity contribution is 6.31. The molecule has 0 saturated carbocycles. The van der Waals surface area contributed by atoms with Crippen LogP contribution in [-0.2, 0) is 0 Å². The summed E-state index contributed by atoms with van der Waals surface area (Å²) in [6.07, 6.45) is 1.79. The highest BCUT2D eigenvalue weighted by atomic mass is 35.5. The number of anilines is 1. The molecular formula is C19H14ClN3O2. The number of hydrogen-bond acceptors (Lipinski definition) is 3. The normalized spacial score (nSPS) is 11.0. The number of amides is 1. The maximum absolute atomic E-state index is 12.5. The van der Waals surface area contributed by atoms with Crippen LogP contribution in [0.4, 0.5) is 5.82 Å². The molecule has 2 aromatic heterocycles. The SMILES string of the molecule is Cc1c(C(=O)Nc2ccn(-c3ccccc3)n2)oc2ccc(Cl)cc12. The zero-order valence-corrected chi connectivity index (χ0v) is 14.1. The van der Waals surface area contributed by atoms with Crippen LogP contribution in [0.2, 0.25) is 5.02 Å². The molecule has 0 radical (unpaired) electrons. The van der Waals surface area contributed by atoms with Crippen LogP contribution in [-0.4, -0.2) is 15.7 Å². The molecule has 6 heteroatoms. The molecule has 0 fully saturated rings. The first-order valence-electron chi connectivity index (χ1n) is 7.73. The van der Waals surface area contributed by atoms with Crippen LogP contribution in [0.25, 0.3) is 16.7 Å². The van der Waals surface area contributed by atoms with Gasteiger partial charge in [-0.3, -0.25) is 4.79 Å². The van der Waals surface area contributed by atoms with Crippen LogP contribution >= 0.6 is 11.6 Å². The van der Waals surface area contributed by atoms with E-state index >= 15 is 0 Å². The summed E-state index contributed by atoms with van der Waals surface area (Å²) >= 11 is 6.02. The molecular weight excluding hydrogens is 338 g/mol. The third-order valence-corrected chi connectivity index (χ3v) is 4.19. The Balaban J connectivity index is 1.61. The van der Waals surface area contributed by atoms with E-state index in [1.807, 2.05) is 37.3 Å². The molecule has 4 rings (SSSR count). The number of carbonyl (C=O) groups excluding carboxylic acids is 1. The van der Waals surface area contributed by atoms with Crippen molar-refractivity contribution in [2.75, 3.05) is 5.32 Å². The second-order valence-electron chi connectivity index (χ2n) is 5.63. The summed E-state index contributed by atoms with van der Waals surface area (Å²) in [7, 11) is 0. The Morgan fingerprint density at radius 1 is 1.16 bits per heavy atom.